The molecule has 0 aromatic heterocycles. The third kappa shape index (κ3) is 3.61. The second-order valence-corrected chi connectivity index (χ2v) is 6.79. The highest BCUT2D eigenvalue weighted by Crippen LogP contribution is 2.27. The Hall–Kier alpha value is -3.19. The van der Waals surface area contributed by atoms with Crippen molar-refractivity contribution in [2.75, 3.05) is 34.9 Å². The average Bonchev–Trinajstić information content (AvgIpc) is 3.11. The van der Waals surface area contributed by atoms with Crippen LogP contribution in [0.4, 0.5) is 17.1 Å². The van der Waals surface area contributed by atoms with Crippen molar-refractivity contribution in [3.8, 4) is 0 Å². The second kappa shape index (κ2) is 7.82. The van der Waals surface area contributed by atoms with E-state index in [0.29, 0.717) is 31.7 Å². The van der Waals surface area contributed by atoms with E-state index in [1.54, 1.807) is 34.1 Å². The van der Waals surface area contributed by atoms with E-state index in [9.17, 15) is 14.4 Å². The molecule has 2 saturated heterocycles. The van der Waals surface area contributed by atoms with Gasteiger partial charge in [0.1, 0.15) is 12.6 Å². The molecule has 28 heavy (non-hydrogen) atoms. The maximum atomic E-state index is 12.8. The van der Waals surface area contributed by atoms with E-state index in [4.69, 9.17) is 4.74 Å². The molecule has 0 aliphatic carbocycles. The zero-order chi connectivity index (χ0) is 19.5. The number of anilines is 3. The first-order valence-electron chi connectivity index (χ1n) is 9.29. The van der Waals surface area contributed by atoms with Crippen LogP contribution in [0.1, 0.15) is 12.8 Å². The molecule has 7 nitrogen and oxygen atoms in total. The molecule has 1 atom stereocenters. The van der Waals surface area contributed by atoms with E-state index in [1.807, 2.05) is 30.3 Å². The molecule has 1 N–H and O–H groups in total. The summed E-state index contributed by atoms with van der Waals surface area (Å²) in [5.74, 6) is -0.344. The fourth-order valence-corrected chi connectivity index (χ4v) is 3.59. The normalized spacial score (nSPS) is 19.8. The van der Waals surface area contributed by atoms with Gasteiger partial charge < -0.3 is 15.0 Å². The average molecular weight is 379 g/mol. The fraction of sp³-hybridized carbons (Fsp3) is 0.286. The number of nitrogens with zero attached hydrogens (tertiary/aromatic N) is 2. The van der Waals surface area contributed by atoms with Crippen LogP contribution in [0, 0.1) is 0 Å². The van der Waals surface area contributed by atoms with Crippen LogP contribution in [0.2, 0.25) is 0 Å². The lowest BCUT2D eigenvalue weighted by Crippen LogP contribution is -2.42. The number of hydrogen-bond acceptors (Lipinski definition) is 4. The molecule has 144 valence electrons. The number of morpholine rings is 1. The van der Waals surface area contributed by atoms with Crippen molar-refractivity contribution in [3.63, 3.8) is 0 Å². The van der Waals surface area contributed by atoms with Crippen LogP contribution in [0.25, 0.3) is 0 Å². The minimum absolute atomic E-state index is 0.0486. The third-order valence-corrected chi connectivity index (χ3v) is 4.98. The summed E-state index contributed by atoms with van der Waals surface area (Å²) >= 11 is 0. The summed E-state index contributed by atoms with van der Waals surface area (Å²) in [4.78, 5) is 40.2. The van der Waals surface area contributed by atoms with Gasteiger partial charge in [0.05, 0.1) is 6.61 Å². The van der Waals surface area contributed by atoms with Crippen LogP contribution < -0.4 is 15.1 Å². The van der Waals surface area contributed by atoms with Gasteiger partial charge >= 0.3 is 0 Å². The summed E-state index contributed by atoms with van der Waals surface area (Å²) in [7, 11) is 0. The number of para-hydroxylation sites is 1. The quantitative estimate of drug-likeness (QED) is 0.883. The van der Waals surface area contributed by atoms with Crippen LogP contribution in [0.5, 0.6) is 0 Å². The molecular formula is C21H21N3O4. The number of amides is 3. The smallest absolute Gasteiger partial charge is 0.253 e. The molecule has 2 heterocycles. The Balaban J connectivity index is 1.46. The Kier molecular flexibility index (Phi) is 5.08. The van der Waals surface area contributed by atoms with Crippen LogP contribution in [0.3, 0.4) is 0 Å². The predicted molar refractivity (Wildman–Crippen MR) is 105 cm³/mol. The molecule has 0 spiro atoms. The van der Waals surface area contributed by atoms with Crippen LogP contribution >= 0.6 is 0 Å². The highest BCUT2D eigenvalue weighted by molar-refractivity contribution is 6.07. The molecule has 0 radical (unpaired) electrons. The van der Waals surface area contributed by atoms with Crippen molar-refractivity contribution >= 4 is 34.8 Å². The topological polar surface area (TPSA) is 79.0 Å². The monoisotopic (exact) mass is 379 g/mol. The molecular weight excluding hydrogens is 358 g/mol. The standard InChI is InChI=1S/C21H21N3O4/c25-19-11-10-18(24(19)17-4-2-1-3-5-17)21(27)22-15-6-8-16(9-7-15)23-12-13-28-14-20(23)26/h1-9,18H,10-14H2,(H,22,27). The van der Waals surface area contributed by atoms with Gasteiger partial charge in [-0.3, -0.25) is 19.3 Å². The maximum absolute atomic E-state index is 12.8. The van der Waals surface area contributed by atoms with Gasteiger partial charge in [0.25, 0.3) is 5.91 Å². The fourth-order valence-electron chi connectivity index (χ4n) is 3.59. The third-order valence-electron chi connectivity index (χ3n) is 4.98. The summed E-state index contributed by atoms with van der Waals surface area (Å²) in [5.41, 5.74) is 2.13. The Bertz CT molecular complexity index is 882. The number of benzene rings is 2. The number of carbonyl (C=O) groups is 3. The molecule has 3 amide bonds. The van der Waals surface area contributed by atoms with E-state index in [0.717, 1.165) is 11.4 Å². The number of hydrogen-bond donors (Lipinski definition) is 1. The Morgan fingerprint density at radius 2 is 1.71 bits per heavy atom. The van der Waals surface area contributed by atoms with Crippen molar-refractivity contribution in [2.45, 2.75) is 18.9 Å². The summed E-state index contributed by atoms with van der Waals surface area (Å²) < 4.78 is 5.14. The van der Waals surface area contributed by atoms with Gasteiger partial charge in [0.15, 0.2) is 0 Å². The molecule has 2 aliphatic rings. The van der Waals surface area contributed by atoms with Gasteiger partial charge in [0.2, 0.25) is 11.8 Å². The number of ether oxygens (including phenoxy) is 1. The van der Waals surface area contributed by atoms with Gasteiger partial charge in [0, 0.05) is 30.0 Å². The Labute approximate surface area is 162 Å². The van der Waals surface area contributed by atoms with Crippen molar-refractivity contribution in [1.29, 1.82) is 0 Å². The highest BCUT2D eigenvalue weighted by Gasteiger charge is 2.37. The molecule has 7 heteroatoms. The number of carbonyl (C=O) groups excluding carboxylic acids is 3. The summed E-state index contributed by atoms with van der Waals surface area (Å²) in [6.45, 7) is 1.11. The van der Waals surface area contributed by atoms with Crippen molar-refractivity contribution in [1.82, 2.24) is 0 Å². The molecule has 0 saturated carbocycles. The van der Waals surface area contributed by atoms with E-state index in [-0.39, 0.29) is 24.3 Å². The SMILES string of the molecule is O=C(Nc1ccc(N2CCOCC2=O)cc1)C1CCC(=O)N1c1ccccc1. The largest absolute Gasteiger partial charge is 0.370 e. The van der Waals surface area contributed by atoms with Gasteiger partial charge in [-0.2, -0.15) is 0 Å². The van der Waals surface area contributed by atoms with Crippen LogP contribution in [0.15, 0.2) is 54.6 Å². The summed E-state index contributed by atoms with van der Waals surface area (Å²) in [5, 5.41) is 2.88. The highest BCUT2D eigenvalue weighted by atomic mass is 16.5. The Morgan fingerprint density at radius 1 is 0.964 bits per heavy atom. The lowest BCUT2D eigenvalue weighted by Gasteiger charge is -2.27. The minimum Gasteiger partial charge on any atom is -0.370 e. The first kappa shape index (κ1) is 18.2. The molecule has 2 aromatic carbocycles. The van der Waals surface area contributed by atoms with Crippen molar-refractivity contribution < 1.29 is 19.1 Å². The van der Waals surface area contributed by atoms with E-state index in [2.05, 4.69) is 5.32 Å². The first-order valence-corrected chi connectivity index (χ1v) is 9.29. The van der Waals surface area contributed by atoms with E-state index >= 15 is 0 Å². The molecule has 2 fully saturated rings. The molecule has 2 aromatic rings. The van der Waals surface area contributed by atoms with E-state index in [1.165, 1.54) is 0 Å². The lowest BCUT2D eigenvalue weighted by atomic mass is 10.1. The molecule has 4 rings (SSSR count). The van der Waals surface area contributed by atoms with Crippen molar-refractivity contribution in [2.24, 2.45) is 0 Å². The minimum atomic E-state index is -0.532. The van der Waals surface area contributed by atoms with Gasteiger partial charge in [-0.15, -0.1) is 0 Å². The number of nitrogens with one attached hydrogen (secondary N) is 1. The Morgan fingerprint density at radius 3 is 2.43 bits per heavy atom. The molecule has 0 bridgehead atoms. The van der Waals surface area contributed by atoms with Gasteiger partial charge in [-0.05, 0) is 42.8 Å². The van der Waals surface area contributed by atoms with Gasteiger partial charge in [-0.25, -0.2) is 0 Å². The zero-order valence-corrected chi connectivity index (χ0v) is 15.3. The summed E-state index contributed by atoms with van der Waals surface area (Å²) in [6.07, 6.45) is 0.838. The maximum Gasteiger partial charge on any atom is 0.253 e. The van der Waals surface area contributed by atoms with Crippen LogP contribution in [-0.4, -0.2) is 43.5 Å². The van der Waals surface area contributed by atoms with Crippen molar-refractivity contribution in [3.05, 3.63) is 54.6 Å². The first-order chi connectivity index (χ1) is 13.6. The number of rotatable bonds is 4. The predicted octanol–water partition coefficient (Wildman–Crippen LogP) is 2.18. The van der Waals surface area contributed by atoms with Crippen LogP contribution in [-0.2, 0) is 19.1 Å². The van der Waals surface area contributed by atoms with Gasteiger partial charge in [-0.1, -0.05) is 18.2 Å². The summed E-state index contributed by atoms with van der Waals surface area (Å²) in [6, 6.07) is 15.8. The second-order valence-electron chi connectivity index (χ2n) is 6.79. The van der Waals surface area contributed by atoms with E-state index < -0.39 is 6.04 Å². The molecule has 1 unspecified atom stereocenters. The molecule has 2 aliphatic heterocycles. The zero-order valence-electron chi connectivity index (χ0n) is 15.3. The lowest BCUT2D eigenvalue weighted by molar-refractivity contribution is -0.125.